The molecule has 2 atom stereocenters. The van der Waals surface area contributed by atoms with Crippen molar-refractivity contribution in [1.82, 2.24) is 9.46 Å². The molecule has 4 rings (SSSR count). The Morgan fingerprint density at radius 1 is 1.30 bits per heavy atom. The van der Waals surface area contributed by atoms with Crippen molar-refractivity contribution in [1.29, 1.82) is 0 Å². The van der Waals surface area contributed by atoms with E-state index in [0.717, 1.165) is 25.0 Å². The monoisotopic (exact) mass is 389 g/mol. The third-order valence-corrected chi connectivity index (χ3v) is 7.31. The van der Waals surface area contributed by atoms with E-state index in [4.69, 9.17) is 9.36 Å². The Balaban J connectivity index is 1.50. The van der Waals surface area contributed by atoms with Crippen molar-refractivity contribution in [3.05, 3.63) is 47.3 Å². The molecule has 1 aromatic carbocycles. The molecule has 1 spiro atoms. The molecule has 1 aromatic heterocycles. The highest BCUT2D eigenvalue weighted by Gasteiger charge is 2.49. The van der Waals surface area contributed by atoms with Crippen LogP contribution < -0.4 is 0 Å². The minimum atomic E-state index is -3.67. The third kappa shape index (κ3) is 3.44. The molecule has 1 saturated heterocycles. The first-order valence-corrected chi connectivity index (χ1v) is 10.5. The Morgan fingerprint density at radius 3 is 2.78 bits per heavy atom. The largest absolute Gasteiger partial charge is 0.593 e. The van der Waals surface area contributed by atoms with Gasteiger partial charge >= 0.3 is 0 Å². The summed E-state index contributed by atoms with van der Waals surface area (Å²) in [6.07, 6.45) is 2.90. The smallest absolute Gasteiger partial charge is 0.240 e. The second-order valence-electron chi connectivity index (χ2n) is 7.37. The highest BCUT2D eigenvalue weighted by atomic mass is 32.3. The number of piperidine rings is 1. The molecule has 0 saturated carbocycles. The van der Waals surface area contributed by atoms with Crippen LogP contribution in [0.4, 0.5) is 0 Å². The number of aryl methyl sites for hydroxylation is 2. The average molecular weight is 389 g/mol. The highest BCUT2D eigenvalue weighted by Crippen LogP contribution is 2.38. The molecule has 27 heavy (non-hydrogen) atoms. The van der Waals surface area contributed by atoms with Crippen LogP contribution in [-0.4, -0.2) is 38.4 Å². The first kappa shape index (κ1) is 18.3. The lowest BCUT2D eigenvalue weighted by molar-refractivity contribution is -0.0534. The standard InChI is InChI=1S/C19H23N3O4S/c1-14-18(15(2)25-20-14)27(23,24)22-10-6-9-19(13-22)12-17(21-26-19)11-16-7-4-3-5-8-16/h3-5,7-8H,6,9-13H2,1-2H3. The quantitative estimate of drug-likeness (QED) is 0.750. The van der Waals surface area contributed by atoms with Gasteiger partial charge in [0.05, 0.1) is 12.3 Å². The van der Waals surface area contributed by atoms with Crippen LogP contribution in [0, 0.1) is 13.8 Å². The van der Waals surface area contributed by atoms with Crippen LogP contribution in [0.5, 0.6) is 0 Å². The van der Waals surface area contributed by atoms with Gasteiger partial charge in [-0.25, -0.2) is 0 Å². The number of aromatic nitrogens is 1. The Morgan fingerprint density at radius 2 is 2.07 bits per heavy atom. The lowest BCUT2D eigenvalue weighted by Crippen LogP contribution is -2.52. The summed E-state index contributed by atoms with van der Waals surface area (Å²) in [4.78, 5) is 5.98. The van der Waals surface area contributed by atoms with Crippen LogP contribution in [0.2, 0.25) is 0 Å². The highest BCUT2D eigenvalue weighted by molar-refractivity contribution is 7.95. The molecule has 0 N–H and O–H groups in total. The minimum Gasteiger partial charge on any atom is -0.593 e. The number of hydrogen-bond donors (Lipinski definition) is 0. The predicted molar refractivity (Wildman–Crippen MR) is 99.9 cm³/mol. The fraction of sp³-hybridized carbons (Fsp3) is 0.474. The predicted octanol–water partition coefficient (Wildman–Crippen LogP) is 3.05. The molecule has 3 heterocycles. The van der Waals surface area contributed by atoms with E-state index >= 15 is 0 Å². The molecule has 144 valence electrons. The van der Waals surface area contributed by atoms with Gasteiger partial charge in [0.2, 0.25) is 4.90 Å². The molecule has 1 fully saturated rings. The zero-order chi connectivity index (χ0) is 19.1. The summed E-state index contributed by atoms with van der Waals surface area (Å²) in [7, 11) is -3.67. The summed E-state index contributed by atoms with van der Waals surface area (Å²) in [6.45, 7) is 4.03. The van der Waals surface area contributed by atoms with E-state index in [9.17, 15) is 8.76 Å². The summed E-state index contributed by atoms with van der Waals surface area (Å²) < 4.78 is 32.8. The summed E-state index contributed by atoms with van der Waals surface area (Å²) >= 11 is 0. The topological polar surface area (TPSA) is 91.0 Å². The number of sulfonamides is 1. The van der Waals surface area contributed by atoms with Crippen LogP contribution in [0.3, 0.4) is 0 Å². The summed E-state index contributed by atoms with van der Waals surface area (Å²) in [6, 6.07) is 10.1. The molecule has 2 unspecified atom stereocenters. The maximum atomic E-state index is 13.1. The average Bonchev–Trinajstić information content (AvgIpc) is 3.19. The van der Waals surface area contributed by atoms with Crippen molar-refractivity contribution in [2.45, 2.75) is 50.0 Å². The van der Waals surface area contributed by atoms with Crippen molar-refractivity contribution in [3.8, 4) is 0 Å². The van der Waals surface area contributed by atoms with Crippen molar-refractivity contribution in [2.24, 2.45) is 5.16 Å². The number of benzene rings is 1. The Hall–Kier alpha value is -2.03. The zero-order valence-corrected chi connectivity index (χ0v) is 16.3. The van der Waals surface area contributed by atoms with Gasteiger partial charge in [0.25, 0.3) is 0 Å². The van der Waals surface area contributed by atoms with E-state index in [0.29, 0.717) is 31.0 Å². The van der Waals surface area contributed by atoms with E-state index < -0.39 is 16.0 Å². The molecule has 0 amide bonds. The van der Waals surface area contributed by atoms with Crippen molar-refractivity contribution in [3.63, 3.8) is 0 Å². The third-order valence-electron chi connectivity index (χ3n) is 5.22. The van der Waals surface area contributed by atoms with Gasteiger partial charge in [-0.3, -0.25) is 0 Å². The maximum Gasteiger partial charge on any atom is 0.240 e. The van der Waals surface area contributed by atoms with E-state index in [-0.39, 0.29) is 4.90 Å². The summed E-state index contributed by atoms with van der Waals surface area (Å²) in [5.74, 6) is 0.320. The number of nitrogens with zero attached hydrogens (tertiary/aromatic N) is 3. The molecule has 7 nitrogen and oxygen atoms in total. The normalized spacial score (nSPS) is 25.2. The van der Waals surface area contributed by atoms with Gasteiger partial charge in [-0.1, -0.05) is 44.9 Å². The second-order valence-corrected chi connectivity index (χ2v) is 9.24. The Kier molecular flexibility index (Phi) is 4.65. The van der Waals surface area contributed by atoms with E-state index in [2.05, 4.69) is 22.4 Å². The van der Waals surface area contributed by atoms with Gasteiger partial charge in [-0.05, 0) is 25.3 Å². The second kappa shape index (κ2) is 6.85. The fourth-order valence-corrected chi connectivity index (χ4v) is 5.82. The molecular formula is C19H23N3O4S. The van der Waals surface area contributed by atoms with Crippen LogP contribution in [0.15, 0.2) is 44.9 Å². The SMILES string of the molecule is Cc1noc(C)c1[S+](=O)([O-])N1CCCC2(CC(Cc3ccccc3)=NO2)C1. The van der Waals surface area contributed by atoms with Crippen molar-refractivity contribution in [2.75, 3.05) is 13.1 Å². The molecule has 2 aliphatic rings. The van der Waals surface area contributed by atoms with Gasteiger partial charge < -0.3 is 13.9 Å². The zero-order valence-electron chi connectivity index (χ0n) is 15.5. The van der Waals surface area contributed by atoms with Gasteiger partial charge in [-0.15, -0.1) is 4.31 Å². The lowest BCUT2D eigenvalue weighted by atomic mass is 9.88. The van der Waals surface area contributed by atoms with Gasteiger partial charge in [0, 0.05) is 26.3 Å². The van der Waals surface area contributed by atoms with Crippen LogP contribution in [0.1, 0.15) is 36.3 Å². The Labute approximate surface area is 159 Å². The van der Waals surface area contributed by atoms with Gasteiger partial charge in [-0.2, -0.15) is 0 Å². The maximum absolute atomic E-state index is 13.1. The van der Waals surface area contributed by atoms with Gasteiger partial charge in [0.15, 0.2) is 21.8 Å². The van der Waals surface area contributed by atoms with Gasteiger partial charge in [0.1, 0.15) is 5.69 Å². The molecule has 0 radical (unpaired) electrons. The fourth-order valence-electron chi connectivity index (χ4n) is 3.98. The molecule has 0 aliphatic carbocycles. The van der Waals surface area contributed by atoms with Crippen LogP contribution in [-0.2, 0) is 25.9 Å². The molecule has 0 bridgehead atoms. The van der Waals surface area contributed by atoms with E-state index in [1.807, 2.05) is 18.2 Å². The number of hydrogen-bond acceptors (Lipinski definition) is 6. The van der Waals surface area contributed by atoms with Crippen LogP contribution >= 0.6 is 0 Å². The molecule has 2 aliphatic heterocycles. The molecule has 8 heteroatoms. The molecule has 2 aromatic rings. The number of oxime groups is 1. The van der Waals surface area contributed by atoms with Crippen molar-refractivity contribution < 1.29 is 18.1 Å². The minimum absolute atomic E-state index is 0.169. The lowest BCUT2D eigenvalue weighted by Gasteiger charge is -2.38. The summed E-state index contributed by atoms with van der Waals surface area (Å²) in [5.41, 5.74) is 1.94. The molecular weight excluding hydrogens is 366 g/mol. The van der Waals surface area contributed by atoms with Crippen LogP contribution in [0.25, 0.3) is 0 Å². The number of rotatable bonds is 4. The van der Waals surface area contributed by atoms with Crippen molar-refractivity contribution >= 4 is 16.1 Å². The van der Waals surface area contributed by atoms with E-state index in [1.54, 1.807) is 13.8 Å². The first-order chi connectivity index (χ1) is 12.9. The van der Waals surface area contributed by atoms with E-state index in [1.165, 1.54) is 9.87 Å². The first-order valence-electron chi connectivity index (χ1n) is 9.11. The summed E-state index contributed by atoms with van der Waals surface area (Å²) in [5, 5.41) is 8.08. The Bertz CT molecular complexity index is 891.